The summed E-state index contributed by atoms with van der Waals surface area (Å²) in [5.41, 5.74) is 0. The minimum atomic E-state index is 0. The molecule has 8 heteroatoms. The van der Waals surface area contributed by atoms with Gasteiger partial charge in [-0.2, -0.15) is 11.8 Å². The Hall–Kier alpha value is -0.220. The lowest BCUT2D eigenvalue weighted by atomic mass is 9.99. The third kappa shape index (κ3) is 11.9. The van der Waals surface area contributed by atoms with E-state index in [4.69, 9.17) is 0 Å². The van der Waals surface area contributed by atoms with Crippen molar-refractivity contribution >= 4 is 47.6 Å². The van der Waals surface area contributed by atoms with Gasteiger partial charge in [0.1, 0.15) is 6.54 Å². The highest BCUT2D eigenvalue weighted by Crippen LogP contribution is 2.15. The number of likely N-dealkylation sites (N-methyl/N-ethyl adjacent to an activating group) is 1. The van der Waals surface area contributed by atoms with Crippen LogP contribution in [0, 0.1) is 5.92 Å². The van der Waals surface area contributed by atoms with E-state index in [0.717, 1.165) is 43.7 Å². The number of hydrogen-bond donors (Lipinski definition) is 2. The van der Waals surface area contributed by atoms with Gasteiger partial charge in [-0.15, -0.1) is 24.0 Å². The van der Waals surface area contributed by atoms with E-state index in [9.17, 15) is 4.79 Å². The predicted octanol–water partition coefficient (Wildman–Crippen LogP) is 1.71. The van der Waals surface area contributed by atoms with Crippen molar-refractivity contribution in [3.05, 3.63) is 0 Å². The second-order valence-corrected chi connectivity index (χ2v) is 7.66. The number of aliphatic imine (C=N–C) groups is 1. The molecule has 0 aromatic carbocycles. The van der Waals surface area contributed by atoms with Crippen LogP contribution in [-0.2, 0) is 4.79 Å². The molecule has 6 nitrogen and oxygen atoms in total. The van der Waals surface area contributed by atoms with Crippen LogP contribution in [0.3, 0.4) is 0 Å². The van der Waals surface area contributed by atoms with Gasteiger partial charge in [-0.25, -0.2) is 4.99 Å². The number of hydrogen-bond acceptors (Lipinski definition) is 4. The molecule has 0 saturated carbocycles. The van der Waals surface area contributed by atoms with Crippen LogP contribution in [-0.4, -0.2) is 87.0 Å². The lowest BCUT2D eigenvalue weighted by molar-refractivity contribution is -0.127. The molecular weight excluding hydrogens is 449 g/mol. The summed E-state index contributed by atoms with van der Waals surface area (Å²) in [5.74, 6) is 2.66. The predicted molar refractivity (Wildman–Crippen MR) is 120 cm³/mol. The Morgan fingerprint density at radius 1 is 1.24 bits per heavy atom. The molecule has 2 N–H and O–H groups in total. The zero-order valence-electron chi connectivity index (χ0n) is 16.2. The Bertz CT molecular complexity index is 387. The standard InChI is InChI=1S/C17H35N5OS.HI/c1-15-6-11-22(12-7-15)10-5-8-18-17(19-9-13-24-4)20-14-16(23)21(2)3;/h15H,5-14H2,1-4H3,(H2,18,19,20);1H. The Morgan fingerprint density at radius 3 is 2.48 bits per heavy atom. The first-order valence-corrected chi connectivity index (χ1v) is 10.4. The van der Waals surface area contributed by atoms with Gasteiger partial charge in [0.15, 0.2) is 5.96 Å². The summed E-state index contributed by atoms with van der Waals surface area (Å²) in [4.78, 5) is 20.2. The number of piperidine rings is 1. The van der Waals surface area contributed by atoms with Crippen molar-refractivity contribution in [2.75, 3.05) is 65.4 Å². The molecule has 0 radical (unpaired) electrons. The highest BCUT2D eigenvalue weighted by Gasteiger charge is 2.14. The van der Waals surface area contributed by atoms with Crippen LogP contribution in [0.25, 0.3) is 0 Å². The smallest absolute Gasteiger partial charge is 0.243 e. The molecule has 0 aromatic heterocycles. The van der Waals surface area contributed by atoms with Crippen molar-refractivity contribution in [3.63, 3.8) is 0 Å². The van der Waals surface area contributed by atoms with E-state index >= 15 is 0 Å². The normalized spacial score (nSPS) is 16.2. The molecule has 148 valence electrons. The molecule has 25 heavy (non-hydrogen) atoms. The monoisotopic (exact) mass is 485 g/mol. The van der Waals surface area contributed by atoms with E-state index < -0.39 is 0 Å². The molecule has 1 aliphatic rings. The van der Waals surface area contributed by atoms with Gasteiger partial charge in [-0.1, -0.05) is 6.92 Å². The van der Waals surface area contributed by atoms with Gasteiger partial charge < -0.3 is 20.4 Å². The Kier molecular flexibility index (Phi) is 14.8. The minimum absolute atomic E-state index is 0. The van der Waals surface area contributed by atoms with Gasteiger partial charge in [0.05, 0.1) is 0 Å². The van der Waals surface area contributed by atoms with E-state index in [0.29, 0.717) is 0 Å². The van der Waals surface area contributed by atoms with Crippen molar-refractivity contribution in [2.24, 2.45) is 10.9 Å². The van der Waals surface area contributed by atoms with Crippen LogP contribution in [0.5, 0.6) is 0 Å². The van der Waals surface area contributed by atoms with Crippen molar-refractivity contribution < 1.29 is 4.79 Å². The van der Waals surface area contributed by atoms with Gasteiger partial charge in [0.2, 0.25) is 5.91 Å². The minimum Gasteiger partial charge on any atom is -0.356 e. The summed E-state index contributed by atoms with van der Waals surface area (Å²) >= 11 is 1.79. The van der Waals surface area contributed by atoms with Crippen LogP contribution in [0.15, 0.2) is 4.99 Å². The third-order valence-electron chi connectivity index (χ3n) is 4.29. The van der Waals surface area contributed by atoms with Crippen LogP contribution in [0.1, 0.15) is 26.2 Å². The summed E-state index contributed by atoms with van der Waals surface area (Å²) in [5, 5.41) is 6.65. The van der Waals surface area contributed by atoms with Crippen molar-refractivity contribution in [2.45, 2.75) is 26.2 Å². The van der Waals surface area contributed by atoms with Crippen molar-refractivity contribution in [1.82, 2.24) is 20.4 Å². The first kappa shape index (κ1) is 24.8. The van der Waals surface area contributed by atoms with Crippen LogP contribution >= 0.6 is 35.7 Å². The number of likely N-dealkylation sites (tertiary alicyclic amines) is 1. The summed E-state index contributed by atoms with van der Waals surface area (Å²) in [6.45, 7) is 7.86. The second kappa shape index (κ2) is 14.9. The number of amides is 1. The molecule has 0 bridgehead atoms. The molecule has 1 heterocycles. The SMILES string of the molecule is CSCCNC(=NCC(=O)N(C)C)NCCCN1CCC(C)CC1.I. The summed E-state index contributed by atoms with van der Waals surface area (Å²) in [7, 11) is 3.51. The number of nitrogens with zero attached hydrogens (tertiary/aromatic N) is 3. The largest absolute Gasteiger partial charge is 0.356 e. The fraction of sp³-hybridized carbons (Fsp3) is 0.882. The Balaban J connectivity index is 0.00000576. The average molecular weight is 485 g/mol. The van der Waals surface area contributed by atoms with E-state index in [1.807, 2.05) is 0 Å². The number of carbonyl (C=O) groups is 1. The molecule has 1 aliphatic heterocycles. The number of thioether (sulfide) groups is 1. The number of rotatable bonds is 9. The number of halogens is 1. The highest BCUT2D eigenvalue weighted by molar-refractivity contribution is 14.0. The average Bonchev–Trinajstić information content (AvgIpc) is 2.57. The maximum absolute atomic E-state index is 11.7. The molecule has 1 fully saturated rings. The number of carbonyl (C=O) groups excluding carboxylic acids is 1. The molecule has 1 rings (SSSR count). The molecule has 1 saturated heterocycles. The fourth-order valence-corrected chi connectivity index (χ4v) is 2.84. The summed E-state index contributed by atoms with van der Waals surface area (Å²) in [6.07, 6.45) is 5.83. The van der Waals surface area contributed by atoms with Gasteiger partial charge in [-0.3, -0.25) is 4.79 Å². The van der Waals surface area contributed by atoms with Crippen LogP contribution in [0.2, 0.25) is 0 Å². The van der Waals surface area contributed by atoms with Gasteiger partial charge >= 0.3 is 0 Å². The lowest BCUT2D eigenvalue weighted by Gasteiger charge is -2.30. The van der Waals surface area contributed by atoms with E-state index in [-0.39, 0.29) is 36.4 Å². The third-order valence-corrected chi connectivity index (χ3v) is 4.90. The maximum Gasteiger partial charge on any atom is 0.243 e. The van der Waals surface area contributed by atoms with Crippen molar-refractivity contribution in [3.8, 4) is 0 Å². The molecule has 0 atom stereocenters. The first-order chi connectivity index (χ1) is 11.5. The van der Waals surface area contributed by atoms with Gasteiger partial charge in [0, 0.05) is 32.9 Å². The lowest BCUT2D eigenvalue weighted by Crippen LogP contribution is -2.41. The Labute approximate surface area is 175 Å². The molecule has 1 amide bonds. The zero-order chi connectivity index (χ0) is 17.8. The Morgan fingerprint density at radius 2 is 1.88 bits per heavy atom. The molecule has 0 aromatic rings. The first-order valence-electron chi connectivity index (χ1n) is 8.96. The topological polar surface area (TPSA) is 60.0 Å². The van der Waals surface area contributed by atoms with Gasteiger partial charge in [0.25, 0.3) is 0 Å². The van der Waals surface area contributed by atoms with Crippen LogP contribution < -0.4 is 10.6 Å². The fourth-order valence-electron chi connectivity index (χ4n) is 2.53. The second-order valence-electron chi connectivity index (χ2n) is 6.68. The van der Waals surface area contributed by atoms with E-state index in [2.05, 4.69) is 33.7 Å². The zero-order valence-corrected chi connectivity index (χ0v) is 19.4. The summed E-state index contributed by atoms with van der Waals surface area (Å²) < 4.78 is 0. The molecular formula is C17H36IN5OS. The molecule has 0 aliphatic carbocycles. The quantitative estimate of drug-likeness (QED) is 0.226. The summed E-state index contributed by atoms with van der Waals surface area (Å²) in [6, 6.07) is 0. The molecule has 0 spiro atoms. The van der Waals surface area contributed by atoms with E-state index in [1.54, 1.807) is 30.8 Å². The van der Waals surface area contributed by atoms with Crippen LogP contribution in [0.4, 0.5) is 0 Å². The highest BCUT2D eigenvalue weighted by atomic mass is 127. The van der Waals surface area contributed by atoms with E-state index in [1.165, 1.54) is 25.9 Å². The van der Waals surface area contributed by atoms with Crippen molar-refractivity contribution in [1.29, 1.82) is 0 Å². The number of nitrogens with one attached hydrogen (secondary N) is 2. The molecule has 0 unspecified atom stereocenters. The van der Waals surface area contributed by atoms with Gasteiger partial charge in [-0.05, 0) is 51.1 Å². The number of guanidine groups is 1. The maximum atomic E-state index is 11.7.